The number of rotatable bonds is 3. The van der Waals surface area contributed by atoms with Gasteiger partial charge in [-0.25, -0.2) is 0 Å². The van der Waals surface area contributed by atoms with Crippen molar-refractivity contribution in [3.63, 3.8) is 0 Å². The fourth-order valence-electron chi connectivity index (χ4n) is 1.81. The minimum Gasteiger partial charge on any atom is -0.351 e. The van der Waals surface area contributed by atoms with Crippen molar-refractivity contribution < 1.29 is 4.79 Å². The molecule has 0 unspecified atom stereocenters. The van der Waals surface area contributed by atoms with Crippen LogP contribution in [0, 0.1) is 0 Å². The van der Waals surface area contributed by atoms with E-state index >= 15 is 0 Å². The van der Waals surface area contributed by atoms with Gasteiger partial charge in [-0.05, 0) is 7.05 Å². The van der Waals surface area contributed by atoms with Crippen LogP contribution < -0.4 is 5.32 Å². The van der Waals surface area contributed by atoms with E-state index in [4.69, 9.17) is 11.6 Å². The largest absolute Gasteiger partial charge is 0.351 e. The molecule has 6 heteroatoms. The second-order valence-electron chi connectivity index (χ2n) is 3.99. The molecule has 2 rings (SSSR count). The number of hydrogen-bond acceptors (Lipinski definition) is 3. The summed E-state index contributed by atoms with van der Waals surface area (Å²) < 4.78 is 2.00. The molecule has 0 spiro atoms. The monoisotopic (exact) mass is 242 g/mol. The van der Waals surface area contributed by atoms with Gasteiger partial charge in [0.2, 0.25) is 5.91 Å². The number of nitrogens with one attached hydrogen (secondary N) is 1. The maximum Gasteiger partial charge on any atom is 0.235 e. The van der Waals surface area contributed by atoms with Crippen molar-refractivity contribution in [3.8, 4) is 0 Å². The quantitative estimate of drug-likeness (QED) is 0.770. The van der Waals surface area contributed by atoms with E-state index in [9.17, 15) is 4.79 Å². The average molecular weight is 243 g/mol. The van der Waals surface area contributed by atoms with Crippen LogP contribution in [0.2, 0.25) is 0 Å². The van der Waals surface area contributed by atoms with Crippen LogP contribution in [0.3, 0.4) is 0 Å². The van der Waals surface area contributed by atoms with E-state index in [1.54, 1.807) is 0 Å². The van der Waals surface area contributed by atoms with Crippen LogP contribution in [-0.4, -0.2) is 40.1 Å². The Bertz CT molecular complexity index is 390. The smallest absolute Gasteiger partial charge is 0.235 e. The van der Waals surface area contributed by atoms with Gasteiger partial charge in [0.1, 0.15) is 5.88 Å². The zero-order valence-electron chi connectivity index (χ0n) is 9.24. The third kappa shape index (κ3) is 2.36. The number of amides is 1. The highest BCUT2D eigenvalue weighted by molar-refractivity contribution is 6.27. The van der Waals surface area contributed by atoms with E-state index in [0.29, 0.717) is 6.54 Å². The maximum atomic E-state index is 11.1. The van der Waals surface area contributed by atoms with E-state index in [1.807, 2.05) is 10.9 Å². The Hall–Kier alpha value is -1.07. The van der Waals surface area contributed by atoms with Gasteiger partial charge >= 0.3 is 0 Å². The highest BCUT2D eigenvalue weighted by Crippen LogP contribution is 2.14. The van der Waals surface area contributed by atoms with Gasteiger partial charge in [0.05, 0.1) is 18.4 Å². The Morgan fingerprint density at radius 1 is 1.62 bits per heavy atom. The van der Waals surface area contributed by atoms with Gasteiger partial charge in [0.25, 0.3) is 0 Å². The summed E-state index contributed by atoms with van der Waals surface area (Å²) in [6.07, 6.45) is 1.82. The summed E-state index contributed by atoms with van der Waals surface area (Å²) in [5.74, 6) is -0.144. The normalized spacial score (nSPS) is 15.9. The molecule has 0 radical (unpaired) electrons. The summed E-state index contributed by atoms with van der Waals surface area (Å²) in [7, 11) is 2.08. The summed E-state index contributed by atoms with van der Waals surface area (Å²) in [4.78, 5) is 13.3. The number of alkyl halides is 1. The molecular weight excluding hydrogens is 228 g/mol. The zero-order chi connectivity index (χ0) is 11.5. The number of carbonyl (C=O) groups is 1. The number of likely N-dealkylation sites (N-methyl/N-ethyl adjacent to an activating group) is 1. The highest BCUT2D eigenvalue weighted by Gasteiger charge is 2.17. The Balaban J connectivity index is 2.05. The minimum atomic E-state index is -0.147. The maximum absolute atomic E-state index is 11.1. The second kappa shape index (κ2) is 4.84. The molecule has 1 N–H and O–H groups in total. The van der Waals surface area contributed by atoms with Crippen molar-refractivity contribution in [2.75, 3.05) is 19.5 Å². The molecule has 0 atom stereocenters. The molecule has 0 saturated heterocycles. The van der Waals surface area contributed by atoms with Crippen molar-refractivity contribution in [2.24, 2.45) is 0 Å². The Kier molecular flexibility index (Phi) is 3.46. The fourth-order valence-corrected chi connectivity index (χ4v) is 1.91. The number of nitrogens with zero attached hydrogens (tertiary/aromatic N) is 3. The predicted octanol–water partition coefficient (Wildman–Crippen LogP) is 0.183. The first kappa shape index (κ1) is 11.4. The van der Waals surface area contributed by atoms with Crippen molar-refractivity contribution >= 4 is 17.5 Å². The van der Waals surface area contributed by atoms with Crippen LogP contribution >= 0.6 is 11.6 Å². The van der Waals surface area contributed by atoms with Crippen LogP contribution in [0.5, 0.6) is 0 Å². The lowest BCUT2D eigenvalue weighted by molar-refractivity contribution is -0.118. The summed E-state index contributed by atoms with van der Waals surface area (Å²) in [5.41, 5.74) is 2.26. The molecule has 0 aliphatic carbocycles. The fraction of sp³-hybridized carbons (Fsp3) is 0.600. The van der Waals surface area contributed by atoms with Crippen molar-refractivity contribution in [3.05, 3.63) is 17.5 Å². The van der Waals surface area contributed by atoms with Crippen LogP contribution in [0.15, 0.2) is 6.20 Å². The van der Waals surface area contributed by atoms with E-state index in [-0.39, 0.29) is 11.8 Å². The van der Waals surface area contributed by atoms with Crippen LogP contribution in [0.1, 0.15) is 11.3 Å². The predicted molar refractivity (Wildman–Crippen MR) is 61.1 cm³/mol. The highest BCUT2D eigenvalue weighted by atomic mass is 35.5. The lowest BCUT2D eigenvalue weighted by atomic mass is 10.2. The van der Waals surface area contributed by atoms with Crippen LogP contribution in [0.4, 0.5) is 0 Å². The molecule has 1 aliphatic heterocycles. The van der Waals surface area contributed by atoms with Gasteiger partial charge in [-0.3, -0.25) is 14.4 Å². The molecule has 1 amide bonds. The summed E-state index contributed by atoms with van der Waals surface area (Å²) in [5, 5.41) is 7.06. The van der Waals surface area contributed by atoms with E-state index in [1.165, 1.54) is 5.69 Å². The number of aromatic nitrogens is 2. The topological polar surface area (TPSA) is 50.2 Å². The third-order valence-electron chi connectivity index (χ3n) is 2.75. The molecule has 88 valence electrons. The Morgan fingerprint density at radius 2 is 2.44 bits per heavy atom. The van der Waals surface area contributed by atoms with Crippen molar-refractivity contribution in [2.45, 2.75) is 19.6 Å². The minimum absolute atomic E-state index is 0.00335. The lowest BCUT2D eigenvalue weighted by Gasteiger charge is -2.24. The van der Waals surface area contributed by atoms with Gasteiger partial charge in [-0.2, -0.15) is 5.10 Å². The van der Waals surface area contributed by atoms with Gasteiger partial charge in [-0.15, -0.1) is 11.6 Å². The van der Waals surface area contributed by atoms with E-state index < -0.39 is 0 Å². The molecule has 2 heterocycles. The summed E-state index contributed by atoms with van der Waals surface area (Å²) in [6.45, 7) is 3.32. The standard InChI is InChI=1S/C10H15ClN4O/c1-14-2-3-15-9(7-14)8(6-13-15)5-12-10(16)4-11/h6H,2-5,7H2,1H3,(H,12,16). The number of carbonyl (C=O) groups excluding carboxylic acids is 1. The first-order chi connectivity index (χ1) is 7.70. The first-order valence-electron chi connectivity index (χ1n) is 5.25. The molecule has 1 aromatic heterocycles. The average Bonchev–Trinajstić information content (AvgIpc) is 2.68. The van der Waals surface area contributed by atoms with E-state index in [2.05, 4.69) is 22.4 Å². The molecule has 0 fully saturated rings. The molecular formula is C10H15ClN4O. The number of hydrogen-bond donors (Lipinski definition) is 1. The Morgan fingerprint density at radius 3 is 3.19 bits per heavy atom. The zero-order valence-corrected chi connectivity index (χ0v) is 10.00. The van der Waals surface area contributed by atoms with Crippen molar-refractivity contribution in [1.29, 1.82) is 0 Å². The first-order valence-corrected chi connectivity index (χ1v) is 5.79. The van der Waals surface area contributed by atoms with Crippen LogP contribution in [-0.2, 0) is 24.4 Å². The molecule has 0 saturated carbocycles. The Labute approximate surface area is 99.4 Å². The molecule has 1 aromatic rings. The molecule has 16 heavy (non-hydrogen) atoms. The summed E-state index contributed by atoms with van der Waals surface area (Å²) >= 11 is 5.42. The second-order valence-corrected chi connectivity index (χ2v) is 4.26. The lowest BCUT2D eigenvalue weighted by Crippen LogP contribution is -2.32. The number of fused-ring (bicyclic) bond motifs is 1. The van der Waals surface area contributed by atoms with Gasteiger partial charge in [0, 0.05) is 25.2 Å². The van der Waals surface area contributed by atoms with Crippen molar-refractivity contribution in [1.82, 2.24) is 20.0 Å². The molecule has 1 aliphatic rings. The SMILES string of the molecule is CN1CCn2ncc(CNC(=O)CCl)c2C1. The molecule has 0 aromatic carbocycles. The molecule has 5 nitrogen and oxygen atoms in total. The van der Waals surface area contributed by atoms with Gasteiger partial charge in [-0.1, -0.05) is 0 Å². The number of halogens is 1. The molecule has 0 bridgehead atoms. The van der Waals surface area contributed by atoms with Gasteiger partial charge < -0.3 is 5.32 Å². The third-order valence-corrected chi connectivity index (χ3v) is 2.99. The summed E-state index contributed by atoms with van der Waals surface area (Å²) in [6, 6.07) is 0. The van der Waals surface area contributed by atoms with Crippen LogP contribution in [0.25, 0.3) is 0 Å². The van der Waals surface area contributed by atoms with Gasteiger partial charge in [0.15, 0.2) is 0 Å². The van der Waals surface area contributed by atoms with E-state index in [0.717, 1.165) is 25.2 Å².